The molecule has 0 atom stereocenters. The standard InChI is InChI=1S/C25H26F4N8O3.C2H6/c1-3-10-36-21-19(23(39)37(24(36)40)15-5-4-6-15)31-20(32-21)16-12-18(33-34(16)2)35(11-9-26)22(38)14-7-8-17(30-13-14)25(27,28)29;1-2/h7-8,12-13,15H,3-6,9-11H2,1-2H3,(H,31,32);1-2H3. The van der Waals surface area contributed by atoms with Crippen LogP contribution in [0.4, 0.5) is 23.4 Å². The predicted octanol–water partition coefficient (Wildman–Crippen LogP) is 4.48. The molecule has 0 aliphatic heterocycles. The van der Waals surface area contributed by atoms with Gasteiger partial charge < -0.3 is 4.98 Å². The molecule has 4 aromatic heterocycles. The van der Waals surface area contributed by atoms with Gasteiger partial charge in [0.2, 0.25) is 0 Å². The molecule has 0 aromatic carbocycles. The lowest BCUT2D eigenvalue weighted by Crippen LogP contribution is -2.44. The number of aromatic nitrogens is 7. The first kappa shape index (κ1) is 30.7. The largest absolute Gasteiger partial charge is 0.433 e. The lowest BCUT2D eigenvalue weighted by atomic mass is 9.93. The number of halogens is 4. The molecule has 1 saturated carbocycles. The van der Waals surface area contributed by atoms with Crippen molar-refractivity contribution in [1.82, 2.24) is 33.9 Å². The van der Waals surface area contributed by atoms with Gasteiger partial charge in [-0.15, -0.1) is 0 Å². The number of H-pyrrole nitrogens is 1. The summed E-state index contributed by atoms with van der Waals surface area (Å²) >= 11 is 0. The highest BCUT2D eigenvalue weighted by Crippen LogP contribution is 2.30. The van der Waals surface area contributed by atoms with Crippen LogP contribution in [0.3, 0.4) is 0 Å². The number of rotatable bonds is 8. The van der Waals surface area contributed by atoms with Crippen LogP contribution in [-0.4, -0.2) is 53.0 Å². The Bertz CT molecular complexity index is 1680. The summed E-state index contributed by atoms with van der Waals surface area (Å²) < 4.78 is 56.2. The van der Waals surface area contributed by atoms with Gasteiger partial charge in [0.1, 0.15) is 23.6 Å². The molecule has 0 bridgehead atoms. The number of aromatic amines is 1. The Labute approximate surface area is 237 Å². The van der Waals surface area contributed by atoms with Gasteiger partial charge in [-0.3, -0.25) is 33.3 Å². The quantitative estimate of drug-likeness (QED) is 0.301. The lowest BCUT2D eigenvalue weighted by molar-refractivity contribution is -0.141. The Morgan fingerprint density at radius 3 is 2.45 bits per heavy atom. The van der Waals surface area contributed by atoms with Crippen LogP contribution >= 0.6 is 0 Å². The number of anilines is 1. The van der Waals surface area contributed by atoms with Crippen molar-refractivity contribution >= 4 is 22.9 Å². The molecular formula is C27H32F4N8O3. The van der Waals surface area contributed by atoms with E-state index in [1.54, 1.807) is 7.05 Å². The highest BCUT2D eigenvalue weighted by Gasteiger charge is 2.33. The van der Waals surface area contributed by atoms with E-state index in [2.05, 4.69) is 20.1 Å². The smallest absolute Gasteiger partial charge is 0.331 e. The van der Waals surface area contributed by atoms with Gasteiger partial charge in [0.05, 0.1) is 12.1 Å². The number of fused-ring (bicyclic) bond motifs is 1. The summed E-state index contributed by atoms with van der Waals surface area (Å²) in [5.41, 5.74) is -1.55. The summed E-state index contributed by atoms with van der Waals surface area (Å²) in [6, 6.07) is 2.91. The van der Waals surface area contributed by atoms with E-state index in [-0.39, 0.29) is 34.4 Å². The van der Waals surface area contributed by atoms with Crippen molar-refractivity contribution in [1.29, 1.82) is 0 Å². The fourth-order valence-corrected chi connectivity index (χ4v) is 4.70. The highest BCUT2D eigenvalue weighted by molar-refractivity contribution is 6.05. The van der Waals surface area contributed by atoms with Crippen LogP contribution < -0.4 is 16.1 Å². The number of nitrogens with one attached hydrogen (secondary N) is 1. The van der Waals surface area contributed by atoms with Crippen LogP contribution in [0.2, 0.25) is 0 Å². The van der Waals surface area contributed by atoms with Crippen molar-refractivity contribution in [2.75, 3.05) is 18.1 Å². The topological polar surface area (TPSA) is 124 Å². The Hall–Kier alpha value is -4.30. The molecule has 42 heavy (non-hydrogen) atoms. The Balaban J connectivity index is 0.00000198. The number of pyridine rings is 1. The zero-order chi connectivity index (χ0) is 30.8. The summed E-state index contributed by atoms with van der Waals surface area (Å²) in [4.78, 5) is 51.4. The maximum absolute atomic E-state index is 13.5. The number of hydrogen-bond acceptors (Lipinski definition) is 6. The number of nitrogens with zero attached hydrogens (tertiary/aromatic N) is 7. The fourth-order valence-electron chi connectivity index (χ4n) is 4.70. The second-order valence-electron chi connectivity index (χ2n) is 9.57. The molecule has 4 aromatic rings. The minimum atomic E-state index is -4.67. The van der Waals surface area contributed by atoms with Crippen molar-refractivity contribution in [2.45, 2.75) is 65.2 Å². The fraction of sp³-hybridized carbons (Fsp3) is 0.481. The van der Waals surface area contributed by atoms with E-state index in [9.17, 15) is 31.9 Å². The molecule has 226 valence electrons. The summed E-state index contributed by atoms with van der Waals surface area (Å²) in [6.07, 6.45) is -0.844. The van der Waals surface area contributed by atoms with Gasteiger partial charge in [0.15, 0.2) is 17.3 Å². The molecule has 0 spiro atoms. The van der Waals surface area contributed by atoms with E-state index in [0.717, 1.165) is 36.4 Å². The molecule has 1 aliphatic carbocycles. The maximum atomic E-state index is 13.5. The van der Waals surface area contributed by atoms with Gasteiger partial charge in [-0.05, 0) is 37.8 Å². The molecular weight excluding hydrogens is 560 g/mol. The normalized spacial score (nSPS) is 13.5. The number of carbonyl (C=O) groups excluding carboxylic acids is 1. The number of hydrogen-bond donors (Lipinski definition) is 1. The molecule has 4 heterocycles. The molecule has 1 N–H and O–H groups in total. The van der Waals surface area contributed by atoms with Crippen molar-refractivity contribution < 1.29 is 22.4 Å². The predicted molar refractivity (Wildman–Crippen MR) is 148 cm³/mol. The van der Waals surface area contributed by atoms with Crippen LogP contribution in [0, 0.1) is 0 Å². The number of imidazole rings is 1. The van der Waals surface area contributed by atoms with Gasteiger partial charge in [-0.2, -0.15) is 18.3 Å². The zero-order valence-corrected chi connectivity index (χ0v) is 23.7. The lowest BCUT2D eigenvalue weighted by Gasteiger charge is -2.27. The minimum absolute atomic E-state index is 0.0123. The van der Waals surface area contributed by atoms with E-state index in [4.69, 9.17) is 0 Å². The second-order valence-corrected chi connectivity index (χ2v) is 9.57. The molecule has 1 amide bonds. The van der Waals surface area contributed by atoms with Crippen LogP contribution in [0.25, 0.3) is 22.7 Å². The first-order valence-electron chi connectivity index (χ1n) is 13.8. The molecule has 11 nitrogen and oxygen atoms in total. The van der Waals surface area contributed by atoms with Crippen LogP contribution in [0.1, 0.15) is 68.5 Å². The SMILES string of the molecule is CC.CCCn1c(=O)n(C2CCC2)c(=O)c2[nH]c(-c3cc(N(CCF)C(=O)c4ccc(C(F)(F)F)nc4)nn3C)nc21. The van der Waals surface area contributed by atoms with Crippen LogP contribution in [0.5, 0.6) is 0 Å². The Morgan fingerprint density at radius 2 is 1.90 bits per heavy atom. The van der Waals surface area contributed by atoms with E-state index in [1.165, 1.54) is 19.9 Å². The number of alkyl halides is 4. The number of carbonyl (C=O) groups is 1. The van der Waals surface area contributed by atoms with E-state index in [1.807, 2.05) is 20.8 Å². The number of aryl methyl sites for hydroxylation is 2. The van der Waals surface area contributed by atoms with Crippen molar-refractivity contribution in [3.8, 4) is 11.5 Å². The van der Waals surface area contributed by atoms with Crippen LogP contribution in [0.15, 0.2) is 34.0 Å². The summed E-state index contributed by atoms with van der Waals surface area (Å²) in [5.74, 6) is -0.584. The van der Waals surface area contributed by atoms with Crippen molar-refractivity contribution in [2.24, 2.45) is 7.05 Å². The Morgan fingerprint density at radius 1 is 1.19 bits per heavy atom. The van der Waals surface area contributed by atoms with E-state index < -0.39 is 42.2 Å². The third-order valence-electron chi connectivity index (χ3n) is 6.94. The van der Waals surface area contributed by atoms with Crippen molar-refractivity contribution in [3.05, 3.63) is 56.5 Å². The monoisotopic (exact) mass is 592 g/mol. The summed E-state index contributed by atoms with van der Waals surface area (Å²) in [7, 11) is 1.55. The van der Waals surface area contributed by atoms with Gasteiger partial charge in [-0.1, -0.05) is 20.8 Å². The molecule has 5 rings (SSSR count). The molecule has 0 saturated heterocycles. The van der Waals surface area contributed by atoms with Gasteiger partial charge >= 0.3 is 11.9 Å². The maximum Gasteiger partial charge on any atom is 0.433 e. The van der Waals surface area contributed by atoms with E-state index in [0.29, 0.717) is 24.7 Å². The van der Waals surface area contributed by atoms with Gasteiger partial charge in [0, 0.05) is 31.9 Å². The van der Waals surface area contributed by atoms with Crippen molar-refractivity contribution in [3.63, 3.8) is 0 Å². The zero-order valence-electron chi connectivity index (χ0n) is 23.7. The molecule has 1 aliphatic rings. The third kappa shape index (κ3) is 5.59. The highest BCUT2D eigenvalue weighted by atomic mass is 19.4. The average molecular weight is 593 g/mol. The molecule has 15 heteroatoms. The van der Waals surface area contributed by atoms with E-state index >= 15 is 0 Å². The Kier molecular flexibility index (Phi) is 8.97. The summed E-state index contributed by atoms with van der Waals surface area (Å²) in [5, 5.41) is 4.29. The van der Waals surface area contributed by atoms with Gasteiger partial charge in [0.25, 0.3) is 11.5 Å². The minimum Gasteiger partial charge on any atom is -0.331 e. The first-order valence-corrected chi connectivity index (χ1v) is 13.8. The van der Waals surface area contributed by atoms with Gasteiger partial charge in [-0.25, -0.2) is 14.2 Å². The first-order chi connectivity index (χ1) is 20.0. The molecule has 0 unspecified atom stereocenters. The molecule has 0 radical (unpaired) electrons. The summed E-state index contributed by atoms with van der Waals surface area (Å²) in [6.45, 7) is 4.89. The third-order valence-corrected chi connectivity index (χ3v) is 6.94. The van der Waals surface area contributed by atoms with Crippen LogP contribution in [-0.2, 0) is 19.8 Å². The second kappa shape index (κ2) is 12.3. The molecule has 1 fully saturated rings. The number of amides is 1. The average Bonchev–Trinajstić information content (AvgIpc) is 3.55.